The number of aryl methyl sites for hydroxylation is 6. The standard InChI is InChI=1S/C31H40O6/c1-8-37-31(36)22-9-10-23(27(32)29(34)25-18(4)11-16(2)12-19(25)5)24(15-22)28(33)30(35)26-20(6)13-17(3)14-21(26)7/h11-14,22-24,29-30,34-35H,8-10,15H2,1-7H3. The van der Waals surface area contributed by atoms with Gasteiger partial charge in [-0.1, -0.05) is 35.4 Å². The van der Waals surface area contributed by atoms with Crippen molar-refractivity contribution in [2.75, 3.05) is 6.61 Å². The lowest BCUT2D eigenvalue weighted by atomic mass is 9.67. The van der Waals surface area contributed by atoms with Crippen molar-refractivity contribution >= 4 is 17.5 Å². The molecule has 1 saturated carbocycles. The highest BCUT2D eigenvalue weighted by molar-refractivity contribution is 5.95. The van der Waals surface area contributed by atoms with Gasteiger partial charge in [0.05, 0.1) is 12.5 Å². The van der Waals surface area contributed by atoms with Crippen LogP contribution < -0.4 is 0 Å². The molecule has 1 aliphatic carbocycles. The Labute approximate surface area is 220 Å². The van der Waals surface area contributed by atoms with E-state index in [2.05, 4.69) is 0 Å². The van der Waals surface area contributed by atoms with Crippen LogP contribution in [0.5, 0.6) is 0 Å². The molecule has 0 aliphatic heterocycles. The number of aliphatic hydroxyl groups is 2. The molecular formula is C31H40O6. The van der Waals surface area contributed by atoms with E-state index < -0.39 is 47.5 Å². The molecule has 6 nitrogen and oxygen atoms in total. The van der Waals surface area contributed by atoms with Crippen LogP contribution in [0.2, 0.25) is 0 Å². The first-order chi connectivity index (χ1) is 17.4. The lowest BCUT2D eigenvalue weighted by Gasteiger charge is -2.36. The summed E-state index contributed by atoms with van der Waals surface area (Å²) in [6.45, 7) is 13.3. The zero-order chi connectivity index (χ0) is 27.6. The maximum absolute atomic E-state index is 13.8. The average molecular weight is 509 g/mol. The topological polar surface area (TPSA) is 101 Å². The van der Waals surface area contributed by atoms with Gasteiger partial charge < -0.3 is 14.9 Å². The van der Waals surface area contributed by atoms with Crippen molar-refractivity contribution in [3.05, 3.63) is 68.8 Å². The largest absolute Gasteiger partial charge is 0.466 e. The minimum absolute atomic E-state index is 0.105. The Morgan fingerprint density at radius 2 is 1.16 bits per heavy atom. The van der Waals surface area contributed by atoms with E-state index in [9.17, 15) is 24.6 Å². The van der Waals surface area contributed by atoms with Gasteiger partial charge in [0.2, 0.25) is 0 Å². The number of benzene rings is 2. The number of ether oxygens (including phenoxy) is 1. The van der Waals surface area contributed by atoms with Gasteiger partial charge in [-0.05, 0) is 101 Å². The van der Waals surface area contributed by atoms with Gasteiger partial charge in [0.25, 0.3) is 0 Å². The van der Waals surface area contributed by atoms with E-state index in [1.807, 2.05) is 65.8 Å². The van der Waals surface area contributed by atoms with Crippen LogP contribution in [0.15, 0.2) is 24.3 Å². The van der Waals surface area contributed by atoms with Crippen molar-refractivity contribution in [2.24, 2.45) is 17.8 Å². The molecule has 0 heterocycles. The third-order valence-electron chi connectivity index (χ3n) is 7.76. The normalized spacial score (nSPS) is 21.3. The Hall–Kier alpha value is -2.83. The van der Waals surface area contributed by atoms with Gasteiger partial charge in [-0.15, -0.1) is 0 Å². The van der Waals surface area contributed by atoms with Crippen LogP contribution in [0, 0.1) is 59.3 Å². The van der Waals surface area contributed by atoms with Crippen LogP contribution in [-0.2, 0) is 19.1 Å². The lowest BCUT2D eigenvalue weighted by molar-refractivity contribution is -0.154. The number of esters is 1. The molecule has 0 aromatic heterocycles. The van der Waals surface area contributed by atoms with Gasteiger partial charge >= 0.3 is 5.97 Å². The monoisotopic (exact) mass is 508 g/mol. The molecule has 37 heavy (non-hydrogen) atoms. The zero-order valence-electron chi connectivity index (χ0n) is 23.1. The highest BCUT2D eigenvalue weighted by Crippen LogP contribution is 2.41. The van der Waals surface area contributed by atoms with Gasteiger partial charge in [-0.2, -0.15) is 0 Å². The number of rotatable bonds is 8. The molecule has 0 bridgehead atoms. The molecule has 2 aromatic rings. The predicted molar refractivity (Wildman–Crippen MR) is 142 cm³/mol. The highest BCUT2D eigenvalue weighted by Gasteiger charge is 2.45. The maximum Gasteiger partial charge on any atom is 0.308 e. The molecule has 5 unspecified atom stereocenters. The van der Waals surface area contributed by atoms with Crippen molar-refractivity contribution in [1.82, 2.24) is 0 Å². The van der Waals surface area contributed by atoms with E-state index in [0.29, 0.717) is 17.5 Å². The molecule has 0 amide bonds. The van der Waals surface area contributed by atoms with Crippen molar-refractivity contribution < 1.29 is 29.3 Å². The number of ketones is 2. The summed E-state index contributed by atoms with van der Waals surface area (Å²) in [5.74, 6) is -3.59. The maximum atomic E-state index is 13.8. The fraction of sp³-hybridized carbons (Fsp3) is 0.516. The number of hydrogen-bond acceptors (Lipinski definition) is 6. The van der Waals surface area contributed by atoms with E-state index in [0.717, 1.165) is 33.4 Å². The first-order valence-electron chi connectivity index (χ1n) is 13.1. The van der Waals surface area contributed by atoms with Gasteiger partial charge in [0, 0.05) is 11.8 Å². The minimum atomic E-state index is -1.43. The van der Waals surface area contributed by atoms with Crippen LogP contribution in [0.25, 0.3) is 0 Å². The van der Waals surface area contributed by atoms with E-state index in [1.54, 1.807) is 6.92 Å². The van der Waals surface area contributed by atoms with Crippen molar-refractivity contribution in [3.8, 4) is 0 Å². The Bertz CT molecular complexity index is 1150. The summed E-state index contributed by atoms with van der Waals surface area (Å²) < 4.78 is 5.21. The lowest BCUT2D eigenvalue weighted by Crippen LogP contribution is -2.42. The van der Waals surface area contributed by atoms with Crippen molar-refractivity contribution in [2.45, 2.75) is 79.9 Å². The van der Waals surface area contributed by atoms with Crippen molar-refractivity contribution in [3.63, 3.8) is 0 Å². The summed E-state index contributed by atoms with van der Waals surface area (Å²) in [4.78, 5) is 40.1. The van der Waals surface area contributed by atoms with Crippen LogP contribution in [0.1, 0.15) is 82.9 Å². The van der Waals surface area contributed by atoms with Gasteiger partial charge in [-0.25, -0.2) is 0 Å². The third kappa shape index (κ3) is 6.02. The van der Waals surface area contributed by atoms with E-state index in [-0.39, 0.29) is 19.4 Å². The SMILES string of the molecule is CCOC(=O)C1CCC(C(=O)C(O)c2c(C)cc(C)cc2C)C(C(=O)C(O)c2c(C)cc(C)cc2C)C1. The Morgan fingerprint density at radius 1 is 0.757 bits per heavy atom. The number of aliphatic hydroxyl groups excluding tert-OH is 2. The Balaban J connectivity index is 1.99. The predicted octanol–water partition coefficient (Wildman–Crippen LogP) is 5.04. The van der Waals surface area contributed by atoms with E-state index >= 15 is 0 Å². The fourth-order valence-electron chi connectivity index (χ4n) is 6.23. The number of Topliss-reactive ketones (excluding diaryl/α,β-unsaturated/α-hetero) is 2. The summed E-state index contributed by atoms with van der Waals surface area (Å²) in [5, 5.41) is 22.5. The van der Waals surface area contributed by atoms with Gasteiger partial charge in [0.1, 0.15) is 12.2 Å². The molecule has 1 aliphatic rings. The zero-order valence-corrected chi connectivity index (χ0v) is 23.1. The first kappa shape index (κ1) is 28.7. The summed E-state index contributed by atoms with van der Waals surface area (Å²) in [5.41, 5.74) is 6.37. The minimum Gasteiger partial charge on any atom is -0.466 e. The second kappa shape index (κ2) is 11.7. The number of carbonyl (C=O) groups excluding carboxylic acids is 3. The van der Waals surface area contributed by atoms with Crippen LogP contribution in [-0.4, -0.2) is 34.4 Å². The van der Waals surface area contributed by atoms with E-state index in [1.165, 1.54) is 0 Å². The highest BCUT2D eigenvalue weighted by atomic mass is 16.5. The Morgan fingerprint density at radius 3 is 1.57 bits per heavy atom. The van der Waals surface area contributed by atoms with Crippen LogP contribution >= 0.6 is 0 Å². The quantitative estimate of drug-likeness (QED) is 0.485. The molecule has 200 valence electrons. The number of hydrogen-bond donors (Lipinski definition) is 2. The summed E-state index contributed by atoms with van der Waals surface area (Å²) in [6, 6.07) is 7.67. The third-order valence-corrected chi connectivity index (χ3v) is 7.76. The van der Waals surface area contributed by atoms with Crippen LogP contribution in [0.3, 0.4) is 0 Å². The summed E-state index contributed by atoms with van der Waals surface area (Å²) in [6.07, 6.45) is -2.07. The summed E-state index contributed by atoms with van der Waals surface area (Å²) >= 11 is 0. The molecule has 0 radical (unpaired) electrons. The van der Waals surface area contributed by atoms with Gasteiger partial charge in [-0.3, -0.25) is 14.4 Å². The molecular weight excluding hydrogens is 468 g/mol. The van der Waals surface area contributed by atoms with Crippen LogP contribution in [0.4, 0.5) is 0 Å². The second-order valence-electron chi connectivity index (χ2n) is 10.7. The van der Waals surface area contributed by atoms with E-state index in [4.69, 9.17) is 4.74 Å². The van der Waals surface area contributed by atoms with Crippen molar-refractivity contribution in [1.29, 1.82) is 0 Å². The summed E-state index contributed by atoms with van der Waals surface area (Å²) in [7, 11) is 0. The second-order valence-corrected chi connectivity index (χ2v) is 10.7. The Kier molecular flexibility index (Phi) is 9.09. The van der Waals surface area contributed by atoms with Gasteiger partial charge in [0.15, 0.2) is 11.6 Å². The smallest absolute Gasteiger partial charge is 0.308 e. The molecule has 6 heteroatoms. The molecule has 5 atom stereocenters. The molecule has 0 saturated heterocycles. The average Bonchev–Trinajstić information content (AvgIpc) is 2.81. The molecule has 1 fully saturated rings. The molecule has 2 aromatic carbocycles. The molecule has 3 rings (SSSR count). The molecule has 2 N–H and O–H groups in total. The fourth-order valence-corrected chi connectivity index (χ4v) is 6.23. The first-order valence-corrected chi connectivity index (χ1v) is 13.1. The number of carbonyl (C=O) groups is 3. The molecule has 0 spiro atoms.